The van der Waals surface area contributed by atoms with Crippen LogP contribution in [0.4, 0.5) is 26.9 Å². The monoisotopic (exact) mass is 1260 g/mol. The lowest BCUT2D eigenvalue weighted by molar-refractivity contribution is 0.0224. The summed E-state index contributed by atoms with van der Waals surface area (Å²) in [5.74, 6) is 0.0759. The smallest absolute Gasteiger partial charge is 0.410 e. The summed E-state index contributed by atoms with van der Waals surface area (Å²) in [6.45, 7) is 33.0. The minimum atomic E-state index is -0.627. The van der Waals surface area contributed by atoms with Crippen LogP contribution in [0.15, 0.2) is 98.1 Å². The summed E-state index contributed by atoms with van der Waals surface area (Å²) in [6, 6.07) is 16.4. The first-order chi connectivity index (χ1) is 42.7. The molecule has 0 aliphatic carbocycles. The second kappa shape index (κ2) is 28.1. The first-order valence-corrected chi connectivity index (χ1v) is 31.1. The highest BCUT2D eigenvalue weighted by Gasteiger charge is 2.33. The molecule has 0 saturated carbocycles. The van der Waals surface area contributed by atoms with Crippen LogP contribution in [0.1, 0.15) is 204 Å². The van der Waals surface area contributed by atoms with Crippen molar-refractivity contribution in [2.45, 2.75) is 196 Å². The van der Waals surface area contributed by atoms with Gasteiger partial charge in [0.05, 0.1) is 58.6 Å². The number of hydrogen-bond acceptors (Lipinski definition) is 18. The maximum Gasteiger partial charge on any atom is 0.410 e. The quantitative estimate of drug-likeness (QED) is 0.0849. The van der Waals surface area contributed by atoms with Gasteiger partial charge in [-0.3, -0.25) is 19.0 Å². The Morgan fingerprint density at radius 1 is 0.604 bits per heavy atom. The van der Waals surface area contributed by atoms with E-state index in [1.165, 1.54) is 0 Å². The fourth-order valence-corrected chi connectivity index (χ4v) is 10.3. The zero-order valence-electron chi connectivity index (χ0n) is 55.3. The molecule has 0 unspecified atom stereocenters. The van der Waals surface area contributed by atoms with Gasteiger partial charge in [0.2, 0.25) is 11.2 Å². The molecule has 484 valence electrons. The number of nitrogens with zero attached hydrogens (tertiary/aromatic N) is 16. The lowest BCUT2D eigenvalue weighted by Gasteiger charge is -2.26. The molecule has 2 aliphatic heterocycles. The van der Waals surface area contributed by atoms with Crippen LogP contribution in [-0.4, -0.2) is 127 Å². The fraction of sp³-hybridized carbons (Fsp3) is 0.485. The summed E-state index contributed by atoms with van der Waals surface area (Å²) in [7, 11) is 0. The van der Waals surface area contributed by atoms with Crippen molar-refractivity contribution < 1.29 is 28.7 Å². The Morgan fingerprint density at radius 2 is 1.05 bits per heavy atom. The molecule has 0 radical (unpaired) electrons. The summed E-state index contributed by atoms with van der Waals surface area (Å²) in [6.07, 6.45) is 14.8. The molecule has 0 fully saturated rings. The molecule has 0 bridgehead atoms. The molecule has 6 aromatic heterocycles. The van der Waals surface area contributed by atoms with E-state index in [1.807, 2.05) is 141 Å². The zero-order valence-corrected chi connectivity index (χ0v) is 56.0. The Kier molecular flexibility index (Phi) is 21.0. The zero-order chi connectivity index (χ0) is 66.3. The number of benzene rings is 2. The third-order valence-corrected chi connectivity index (χ3v) is 15.1. The molecule has 2 atom stereocenters. The fourth-order valence-electron chi connectivity index (χ4n) is 10.1. The van der Waals surface area contributed by atoms with E-state index in [4.69, 9.17) is 31.8 Å². The number of nitrogens with two attached hydrogens (primary N) is 1. The van der Waals surface area contributed by atoms with Crippen LogP contribution in [0.25, 0.3) is 22.5 Å². The van der Waals surface area contributed by atoms with Gasteiger partial charge in [-0.15, -0.1) is 10.2 Å². The SMILES string of the molecule is CC(C)(C)OC(=O)N1CC[C@@H](CC(=O)c2cn(C(C)(C)C)nn2)c2ccc(-c3ccnc(Cl)n3)cc2C1.CC(C)n1cc(N)cn1.CC(C)n1cc(Nc2nccc(-c3ccc4c(c3)CN(C(=O)OC(C)(C)C)CC[C@H]4CC(=O)c3cn(C(C)(C)C)nn3)n2)cn1. The maximum atomic E-state index is 13.4. The number of ketones is 2. The minimum absolute atomic E-state index is 0.0798. The first kappa shape index (κ1) is 68.0. The third kappa shape index (κ3) is 18.6. The van der Waals surface area contributed by atoms with Crippen molar-refractivity contribution in [1.82, 2.24) is 79.3 Å². The van der Waals surface area contributed by atoms with Gasteiger partial charge in [0.25, 0.3) is 0 Å². The molecule has 25 heteroatoms. The number of Topliss-reactive ketones (excluding diaryl/α,β-unsaturated/α-hetero) is 2. The van der Waals surface area contributed by atoms with E-state index in [9.17, 15) is 19.2 Å². The van der Waals surface area contributed by atoms with E-state index < -0.39 is 11.2 Å². The molecular weight excluding hydrogens is 1180 g/mol. The number of carbonyl (C=O) groups excluding carboxylic acids is 4. The predicted octanol–water partition coefficient (Wildman–Crippen LogP) is 13.2. The molecule has 2 aliphatic rings. The van der Waals surface area contributed by atoms with Crippen molar-refractivity contribution in [3.05, 3.63) is 137 Å². The van der Waals surface area contributed by atoms with Gasteiger partial charge < -0.3 is 30.3 Å². The number of ether oxygens (including phenoxy) is 2. The van der Waals surface area contributed by atoms with Crippen molar-refractivity contribution in [3.8, 4) is 22.5 Å². The molecule has 0 spiro atoms. The van der Waals surface area contributed by atoms with Crippen molar-refractivity contribution in [2.24, 2.45) is 0 Å². The van der Waals surface area contributed by atoms with Gasteiger partial charge in [-0.05, 0) is 194 Å². The van der Waals surface area contributed by atoms with Crippen LogP contribution in [0.2, 0.25) is 5.28 Å². The van der Waals surface area contributed by atoms with Crippen molar-refractivity contribution >= 4 is 52.7 Å². The lowest BCUT2D eigenvalue weighted by Crippen LogP contribution is -2.36. The van der Waals surface area contributed by atoms with Crippen LogP contribution in [0, 0.1) is 0 Å². The van der Waals surface area contributed by atoms with Gasteiger partial charge in [0.1, 0.15) is 22.6 Å². The molecule has 10 rings (SSSR count). The summed E-state index contributed by atoms with van der Waals surface area (Å²) in [4.78, 5) is 73.8. The Bertz CT molecular complexity index is 3840. The summed E-state index contributed by atoms with van der Waals surface area (Å²) >= 11 is 6.02. The Morgan fingerprint density at radius 3 is 1.45 bits per heavy atom. The van der Waals surface area contributed by atoms with Gasteiger partial charge >= 0.3 is 12.2 Å². The van der Waals surface area contributed by atoms with Crippen LogP contribution in [-0.2, 0) is 33.6 Å². The Balaban J connectivity index is 0.000000209. The molecule has 91 heavy (non-hydrogen) atoms. The Labute approximate surface area is 537 Å². The van der Waals surface area contributed by atoms with Crippen LogP contribution < -0.4 is 11.1 Å². The number of amides is 2. The molecule has 24 nitrogen and oxygen atoms in total. The topological polar surface area (TPSA) is 280 Å². The van der Waals surface area contributed by atoms with Gasteiger partial charge in [-0.1, -0.05) is 34.7 Å². The predicted molar refractivity (Wildman–Crippen MR) is 349 cm³/mol. The number of halogens is 1. The van der Waals surface area contributed by atoms with Crippen LogP contribution in [0.5, 0.6) is 0 Å². The number of fused-ring (bicyclic) bond motifs is 2. The van der Waals surface area contributed by atoms with Crippen molar-refractivity contribution in [3.63, 3.8) is 0 Å². The summed E-state index contributed by atoms with van der Waals surface area (Å²) in [5.41, 5.74) is 12.9. The highest BCUT2D eigenvalue weighted by Crippen LogP contribution is 2.38. The average Bonchev–Trinajstić information content (AvgIpc) is 1.84. The van der Waals surface area contributed by atoms with Crippen molar-refractivity contribution in [1.29, 1.82) is 0 Å². The van der Waals surface area contributed by atoms with E-state index in [1.54, 1.807) is 62.4 Å². The van der Waals surface area contributed by atoms with Crippen LogP contribution in [0.3, 0.4) is 0 Å². The highest BCUT2D eigenvalue weighted by atomic mass is 35.5. The first-order valence-electron chi connectivity index (χ1n) is 30.7. The van der Waals surface area contributed by atoms with Gasteiger partial charge in [0.15, 0.2) is 11.6 Å². The largest absolute Gasteiger partial charge is 0.444 e. The normalized spacial score (nSPS) is 15.3. The van der Waals surface area contributed by atoms with E-state index in [0.717, 1.165) is 50.4 Å². The molecule has 2 aromatic carbocycles. The number of aromatic nitrogens is 14. The Hall–Kier alpha value is -8.93. The van der Waals surface area contributed by atoms with Crippen molar-refractivity contribution in [2.75, 3.05) is 24.1 Å². The van der Waals surface area contributed by atoms with E-state index in [2.05, 4.69) is 84.9 Å². The van der Waals surface area contributed by atoms with Gasteiger partial charge in [-0.2, -0.15) is 10.2 Å². The molecule has 2 amide bonds. The second-order valence-electron chi connectivity index (χ2n) is 27.5. The van der Waals surface area contributed by atoms with E-state index in [0.29, 0.717) is 68.1 Å². The second-order valence-corrected chi connectivity index (χ2v) is 27.9. The molecule has 8 aromatic rings. The van der Waals surface area contributed by atoms with E-state index in [-0.39, 0.29) is 70.8 Å². The number of nitrogens with one attached hydrogen (secondary N) is 1. The number of rotatable bonds is 12. The molecule has 3 N–H and O–H groups in total. The lowest BCUT2D eigenvalue weighted by atomic mass is 9.87. The number of hydrogen-bond donors (Lipinski definition) is 2. The number of carbonyl (C=O) groups is 4. The van der Waals surface area contributed by atoms with Gasteiger partial charge in [-0.25, -0.2) is 38.9 Å². The summed E-state index contributed by atoms with van der Waals surface area (Å²) < 4.78 is 18.5. The summed E-state index contributed by atoms with van der Waals surface area (Å²) in [5, 5.41) is 28.4. The minimum Gasteiger partial charge on any atom is -0.444 e. The molecule has 8 heterocycles. The standard InChI is InChI=1S/C33H43N9O3.C27H33ClN6O3.C6H11N3/c1-21(2)41-19-25(17-35-41)36-30-34-13-11-27(37-30)23-9-10-26-22(16-29(43)28-20-42(39-38-28)32(3,4)5)12-14-40(18-24(26)15-23)31(44)45-33(6,7)8;1-26(2,3)34-16-22(31-32-34)23(35)14-17-10-12-33(25(36)37-27(4,5)6)15-19-13-18(7-8-20(17)19)21-9-11-29-24(28)30-21;1-5(2)9-4-6(7)3-8-9/h9-11,13,15,17,19-22H,12,14,16,18H2,1-8H3,(H,34,36,37);7-9,11,13,16-17H,10,12,14-15H2,1-6H3;3-5H,7H2,1-2H3/t22-;17-;/m00./s1. The average molecular weight is 1260 g/mol. The van der Waals surface area contributed by atoms with Gasteiger partial charge in [0, 0.05) is 87.0 Å². The van der Waals surface area contributed by atoms with Crippen LogP contribution >= 0.6 is 11.6 Å². The maximum absolute atomic E-state index is 13.4. The highest BCUT2D eigenvalue weighted by molar-refractivity contribution is 6.28. The number of anilines is 3. The molecular formula is C66H87ClN18O6. The van der Waals surface area contributed by atoms with E-state index >= 15 is 0 Å². The number of nitrogen functional groups attached to an aromatic ring is 1. The molecule has 0 saturated heterocycles. The third-order valence-electron chi connectivity index (χ3n) is 14.9.